The van der Waals surface area contributed by atoms with Crippen molar-refractivity contribution in [3.8, 4) is 0 Å². The maximum atomic E-state index is 12.3. The predicted molar refractivity (Wildman–Crippen MR) is 86.7 cm³/mol. The third-order valence-electron chi connectivity index (χ3n) is 3.51. The molecule has 22 heavy (non-hydrogen) atoms. The fourth-order valence-electron chi connectivity index (χ4n) is 2.36. The number of amides is 2. The molecule has 0 saturated heterocycles. The monoisotopic (exact) mass is 295 g/mol. The molecule has 2 aromatic carbocycles. The first-order chi connectivity index (χ1) is 10.7. The Morgan fingerprint density at radius 1 is 1.05 bits per heavy atom. The lowest BCUT2D eigenvalue weighted by atomic mass is 10.1. The maximum absolute atomic E-state index is 12.3. The molecule has 1 aliphatic rings. The molecule has 5 heteroatoms. The van der Waals surface area contributed by atoms with E-state index in [2.05, 4.69) is 16.0 Å². The van der Waals surface area contributed by atoms with Gasteiger partial charge in [-0.05, 0) is 36.8 Å². The summed E-state index contributed by atoms with van der Waals surface area (Å²) in [6.07, 6.45) is 0.879. The molecular formula is C17H17N3O2. The lowest BCUT2D eigenvalue weighted by Crippen LogP contribution is -2.24. The molecule has 0 radical (unpaired) electrons. The summed E-state index contributed by atoms with van der Waals surface area (Å²) in [7, 11) is 0. The predicted octanol–water partition coefficient (Wildman–Crippen LogP) is 3.14. The Balaban J connectivity index is 1.93. The van der Waals surface area contributed by atoms with Crippen molar-refractivity contribution in [3.05, 3.63) is 53.6 Å². The number of benzene rings is 2. The van der Waals surface area contributed by atoms with Crippen LogP contribution < -0.4 is 16.0 Å². The van der Waals surface area contributed by atoms with Gasteiger partial charge in [-0.3, -0.25) is 9.59 Å². The molecule has 0 unspecified atom stereocenters. The number of anilines is 3. The number of carbonyl (C=O) groups excluding carboxylic acids is 2. The molecule has 0 spiro atoms. The van der Waals surface area contributed by atoms with Gasteiger partial charge in [-0.1, -0.05) is 19.1 Å². The summed E-state index contributed by atoms with van der Waals surface area (Å²) in [6.45, 7) is 2.63. The summed E-state index contributed by atoms with van der Waals surface area (Å²) in [6, 6.07) is 12.5. The number of fused-ring (bicyclic) bond motifs is 2. The van der Waals surface area contributed by atoms with Crippen LogP contribution in [-0.4, -0.2) is 18.4 Å². The van der Waals surface area contributed by atoms with E-state index in [4.69, 9.17) is 0 Å². The molecule has 0 fully saturated rings. The third-order valence-corrected chi connectivity index (χ3v) is 3.51. The zero-order chi connectivity index (χ0) is 15.5. The van der Waals surface area contributed by atoms with Crippen molar-refractivity contribution in [1.82, 2.24) is 5.32 Å². The van der Waals surface area contributed by atoms with Crippen molar-refractivity contribution in [3.63, 3.8) is 0 Å². The van der Waals surface area contributed by atoms with E-state index < -0.39 is 0 Å². The van der Waals surface area contributed by atoms with Crippen LogP contribution in [0.15, 0.2) is 42.5 Å². The minimum absolute atomic E-state index is 0.138. The molecule has 1 heterocycles. The van der Waals surface area contributed by atoms with E-state index in [1.165, 1.54) is 0 Å². The Kier molecular flexibility index (Phi) is 3.78. The molecule has 2 amide bonds. The van der Waals surface area contributed by atoms with Crippen molar-refractivity contribution in [2.24, 2.45) is 0 Å². The molecule has 5 nitrogen and oxygen atoms in total. The van der Waals surface area contributed by atoms with Gasteiger partial charge in [-0.25, -0.2) is 0 Å². The Bertz CT molecular complexity index is 740. The fourth-order valence-corrected chi connectivity index (χ4v) is 2.36. The Morgan fingerprint density at radius 2 is 1.86 bits per heavy atom. The number of rotatable bonds is 3. The first kappa shape index (κ1) is 14.1. The molecule has 3 rings (SSSR count). The Labute approximate surface area is 128 Å². The highest BCUT2D eigenvalue weighted by atomic mass is 16.2. The van der Waals surface area contributed by atoms with Crippen LogP contribution in [0.1, 0.15) is 34.1 Å². The molecule has 0 saturated carbocycles. The number of carbonyl (C=O) groups is 2. The minimum atomic E-state index is -0.187. The quantitative estimate of drug-likeness (QED) is 0.814. The number of hydrogen-bond donors (Lipinski definition) is 3. The second kappa shape index (κ2) is 5.89. The molecule has 2 aromatic rings. The highest BCUT2D eigenvalue weighted by molar-refractivity contribution is 6.12. The van der Waals surface area contributed by atoms with Crippen LogP contribution >= 0.6 is 0 Å². The molecule has 3 N–H and O–H groups in total. The maximum Gasteiger partial charge on any atom is 0.257 e. The van der Waals surface area contributed by atoms with Crippen LogP contribution in [0.5, 0.6) is 0 Å². The molecule has 0 aromatic heterocycles. The average molecular weight is 295 g/mol. The highest BCUT2D eigenvalue weighted by Gasteiger charge is 2.19. The summed E-state index contributed by atoms with van der Waals surface area (Å²) in [5.74, 6) is -0.325. The van der Waals surface area contributed by atoms with Crippen LogP contribution in [0.25, 0.3) is 0 Å². The number of hydrogen-bond acceptors (Lipinski definition) is 3. The normalized spacial score (nSPS) is 12.3. The Morgan fingerprint density at radius 3 is 2.68 bits per heavy atom. The van der Waals surface area contributed by atoms with Crippen molar-refractivity contribution >= 4 is 28.9 Å². The van der Waals surface area contributed by atoms with Crippen molar-refractivity contribution in [2.45, 2.75) is 13.3 Å². The molecule has 112 valence electrons. The molecule has 0 aliphatic carbocycles. The van der Waals surface area contributed by atoms with E-state index in [-0.39, 0.29) is 11.8 Å². The minimum Gasteiger partial charge on any atom is -0.353 e. The van der Waals surface area contributed by atoms with Gasteiger partial charge in [-0.15, -0.1) is 0 Å². The van der Waals surface area contributed by atoms with Gasteiger partial charge in [0, 0.05) is 12.1 Å². The van der Waals surface area contributed by atoms with E-state index in [1.54, 1.807) is 24.3 Å². The van der Waals surface area contributed by atoms with Gasteiger partial charge >= 0.3 is 0 Å². The summed E-state index contributed by atoms with van der Waals surface area (Å²) >= 11 is 0. The van der Waals surface area contributed by atoms with Crippen LogP contribution in [0.3, 0.4) is 0 Å². The van der Waals surface area contributed by atoms with Crippen LogP contribution in [0, 0.1) is 0 Å². The zero-order valence-electron chi connectivity index (χ0n) is 12.3. The molecule has 0 atom stereocenters. The van der Waals surface area contributed by atoms with Gasteiger partial charge in [0.25, 0.3) is 11.8 Å². The second-order valence-electron chi connectivity index (χ2n) is 5.14. The Hall–Kier alpha value is -2.82. The topological polar surface area (TPSA) is 70.2 Å². The molecule has 0 bridgehead atoms. The van der Waals surface area contributed by atoms with Crippen LogP contribution in [0.4, 0.5) is 17.1 Å². The number of para-hydroxylation sites is 1. The van der Waals surface area contributed by atoms with Crippen LogP contribution in [0.2, 0.25) is 0 Å². The van der Waals surface area contributed by atoms with E-state index >= 15 is 0 Å². The van der Waals surface area contributed by atoms with E-state index in [9.17, 15) is 9.59 Å². The van der Waals surface area contributed by atoms with Gasteiger partial charge in [0.15, 0.2) is 0 Å². The second-order valence-corrected chi connectivity index (χ2v) is 5.14. The standard InChI is InChI=1S/C17H17N3O2/c1-2-9-18-16(21)11-7-8-14-15(10-11)20-17(22)12-5-3-4-6-13(12)19-14/h3-8,10,19H,2,9H2,1H3,(H,18,21)(H,20,22). The lowest BCUT2D eigenvalue weighted by molar-refractivity contribution is 0.0952. The van der Waals surface area contributed by atoms with Gasteiger partial charge < -0.3 is 16.0 Å². The van der Waals surface area contributed by atoms with E-state index in [1.807, 2.05) is 25.1 Å². The summed E-state index contributed by atoms with van der Waals surface area (Å²) in [5, 5.41) is 8.90. The van der Waals surface area contributed by atoms with Crippen LogP contribution in [-0.2, 0) is 0 Å². The average Bonchev–Trinajstić information content (AvgIpc) is 2.68. The zero-order valence-corrected chi connectivity index (χ0v) is 12.3. The summed E-state index contributed by atoms with van der Waals surface area (Å²) in [5.41, 5.74) is 3.23. The van der Waals surface area contributed by atoms with Crippen molar-refractivity contribution < 1.29 is 9.59 Å². The number of nitrogens with one attached hydrogen (secondary N) is 3. The van der Waals surface area contributed by atoms with Crippen molar-refractivity contribution in [1.29, 1.82) is 0 Å². The fraction of sp³-hybridized carbons (Fsp3) is 0.176. The first-order valence-corrected chi connectivity index (χ1v) is 7.28. The SMILES string of the molecule is CCCNC(=O)c1ccc2c(c1)NC(=O)c1ccccc1N2. The van der Waals surface area contributed by atoms with E-state index in [0.29, 0.717) is 23.4 Å². The highest BCUT2D eigenvalue weighted by Crippen LogP contribution is 2.32. The third kappa shape index (κ3) is 2.65. The van der Waals surface area contributed by atoms with E-state index in [0.717, 1.165) is 17.8 Å². The largest absolute Gasteiger partial charge is 0.353 e. The smallest absolute Gasteiger partial charge is 0.257 e. The van der Waals surface area contributed by atoms with Gasteiger partial charge in [0.2, 0.25) is 0 Å². The molecular weight excluding hydrogens is 278 g/mol. The lowest BCUT2D eigenvalue weighted by Gasteiger charge is -2.10. The first-order valence-electron chi connectivity index (χ1n) is 7.28. The van der Waals surface area contributed by atoms with Crippen molar-refractivity contribution in [2.75, 3.05) is 17.2 Å². The van der Waals surface area contributed by atoms with Gasteiger partial charge in [0.1, 0.15) is 0 Å². The summed E-state index contributed by atoms with van der Waals surface area (Å²) < 4.78 is 0. The summed E-state index contributed by atoms with van der Waals surface area (Å²) in [4.78, 5) is 24.3. The molecule has 1 aliphatic heterocycles. The van der Waals surface area contributed by atoms with Gasteiger partial charge in [0.05, 0.1) is 22.6 Å². The van der Waals surface area contributed by atoms with Gasteiger partial charge in [-0.2, -0.15) is 0 Å².